The van der Waals surface area contributed by atoms with Gasteiger partial charge in [0.25, 0.3) is 0 Å². The minimum Gasteiger partial charge on any atom is -0.376 e. The lowest BCUT2D eigenvalue weighted by Crippen LogP contribution is -2.46. The van der Waals surface area contributed by atoms with Crippen molar-refractivity contribution in [3.05, 3.63) is 35.9 Å². The molecule has 2 fully saturated rings. The maximum atomic E-state index is 13.1. The fourth-order valence-corrected chi connectivity index (χ4v) is 3.48. The van der Waals surface area contributed by atoms with Gasteiger partial charge in [-0.15, -0.1) is 5.10 Å². The van der Waals surface area contributed by atoms with Crippen molar-refractivity contribution in [2.24, 2.45) is 0 Å². The molecule has 25 heavy (non-hydrogen) atoms. The molecule has 0 amide bonds. The summed E-state index contributed by atoms with van der Waals surface area (Å²) in [6, 6.07) is 6.71. The third-order valence-electron chi connectivity index (χ3n) is 4.94. The van der Waals surface area contributed by atoms with E-state index in [0.717, 1.165) is 70.2 Å². The monoisotopic (exact) mass is 346 g/mol. The molecule has 1 aromatic carbocycles. The van der Waals surface area contributed by atoms with Gasteiger partial charge in [0.15, 0.2) is 5.82 Å². The molecule has 134 valence electrons. The minimum atomic E-state index is -0.194. The van der Waals surface area contributed by atoms with Crippen LogP contribution in [0.4, 0.5) is 10.1 Å². The zero-order chi connectivity index (χ0) is 17.1. The summed E-state index contributed by atoms with van der Waals surface area (Å²) in [5.74, 6) is 0.700. The van der Waals surface area contributed by atoms with Crippen LogP contribution in [0.3, 0.4) is 0 Å². The Morgan fingerprint density at radius 2 is 1.92 bits per heavy atom. The number of nitrogens with zero attached hydrogens (tertiary/aromatic N) is 6. The number of ether oxygens (including phenoxy) is 1. The molecule has 0 radical (unpaired) electrons. The number of rotatable bonds is 5. The number of benzene rings is 1. The van der Waals surface area contributed by atoms with E-state index in [1.807, 2.05) is 16.8 Å². The Kier molecular flexibility index (Phi) is 4.89. The van der Waals surface area contributed by atoms with Crippen molar-refractivity contribution in [2.45, 2.75) is 32.0 Å². The zero-order valence-electron chi connectivity index (χ0n) is 14.2. The van der Waals surface area contributed by atoms with Crippen LogP contribution in [0, 0.1) is 5.82 Å². The molecular formula is C17H23FN6O. The third-order valence-corrected chi connectivity index (χ3v) is 4.94. The molecule has 2 aliphatic heterocycles. The largest absolute Gasteiger partial charge is 0.376 e. The summed E-state index contributed by atoms with van der Waals surface area (Å²) in [7, 11) is 0. The van der Waals surface area contributed by atoms with E-state index in [1.54, 1.807) is 0 Å². The van der Waals surface area contributed by atoms with Gasteiger partial charge in [0.1, 0.15) is 5.82 Å². The molecular weight excluding hydrogens is 323 g/mol. The quantitative estimate of drug-likeness (QED) is 0.814. The average Bonchev–Trinajstić information content (AvgIpc) is 3.30. The first kappa shape index (κ1) is 16.4. The molecule has 2 aliphatic rings. The molecule has 0 spiro atoms. The van der Waals surface area contributed by atoms with E-state index in [4.69, 9.17) is 4.74 Å². The van der Waals surface area contributed by atoms with Gasteiger partial charge in [-0.3, -0.25) is 4.90 Å². The summed E-state index contributed by atoms with van der Waals surface area (Å²) in [4.78, 5) is 4.64. The standard InChI is InChI=1S/C17H23FN6O/c18-14-3-5-15(6-4-14)23-9-7-22(8-10-23)13-17-19-20-21-24(17)12-16-2-1-11-25-16/h3-6,16H,1-2,7-13H2/t16-/m0/s1. The lowest BCUT2D eigenvalue weighted by Gasteiger charge is -2.35. The highest BCUT2D eigenvalue weighted by molar-refractivity contribution is 5.46. The molecule has 2 saturated heterocycles. The van der Waals surface area contributed by atoms with E-state index in [9.17, 15) is 4.39 Å². The number of hydrogen-bond donors (Lipinski definition) is 0. The lowest BCUT2D eigenvalue weighted by molar-refractivity contribution is 0.0916. The predicted octanol–water partition coefficient (Wildman–Crippen LogP) is 1.31. The van der Waals surface area contributed by atoms with Crippen molar-refractivity contribution in [3.63, 3.8) is 0 Å². The van der Waals surface area contributed by atoms with Crippen LogP contribution in [-0.4, -0.2) is 64.0 Å². The first-order chi connectivity index (χ1) is 12.3. The van der Waals surface area contributed by atoms with Crippen LogP contribution < -0.4 is 4.90 Å². The molecule has 0 N–H and O–H groups in total. The summed E-state index contributed by atoms with van der Waals surface area (Å²) >= 11 is 0. The number of piperazine rings is 1. The van der Waals surface area contributed by atoms with Crippen LogP contribution in [0.2, 0.25) is 0 Å². The van der Waals surface area contributed by atoms with Crippen LogP contribution in [0.15, 0.2) is 24.3 Å². The van der Waals surface area contributed by atoms with Crippen LogP contribution in [0.5, 0.6) is 0 Å². The van der Waals surface area contributed by atoms with Crippen molar-refractivity contribution in [1.82, 2.24) is 25.1 Å². The summed E-state index contributed by atoms with van der Waals surface area (Å²) in [6.45, 7) is 6.02. The topological polar surface area (TPSA) is 59.3 Å². The maximum absolute atomic E-state index is 13.1. The molecule has 0 saturated carbocycles. The Hall–Kier alpha value is -2.06. The van der Waals surface area contributed by atoms with Crippen LogP contribution in [-0.2, 0) is 17.8 Å². The van der Waals surface area contributed by atoms with Gasteiger partial charge in [-0.25, -0.2) is 9.07 Å². The second-order valence-electron chi connectivity index (χ2n) is 6.65. The predicted molar refractivity (Wildman–Crippen MR) is 90.7 cm³/mol. The van der Waals surface area contributed by atoms with Gasteiger partial charge in [0, 0.05) is 38.5 Å². The van der Waals surface area contributed by atoms with Gasteiger partial charge >= 0.3 is 0 Å². The molecule has 1 aromatic heterocycles. The second kappa shape index (κ2) is 7.45. The molecule has 0 bridgehead atoms. The lowest BCUT2D eigenvalue weighted by atomic mass is 10.2. The summed E-state index contributed by atoms with van der Waals surface area (Å²) in [5.41, 5.74) is 1.07. The van der Waals surface area contributed by atoms with Crippen molar-refractivity contribution in [1.29, 1.82) is 0 Å². The zero-order valence-corrected chi connectivity index (χ0v) is 14.2. The van der Waals surface area contributed by atoms with Crippen molar-refractivity contribution in [2.75, 3.05) is 37.7 Å². The highest BCUT2D eigenvalue weighted by Crippen LogP contribution is 2.18. The molecule has 4 rings (SSSR count). The fourth-order valence-electron chi connectivity index (χ4n) is 3.48. The Bertz CT molecular complexity index is 677. The number of tetrazole rings is 1. The average molecular weight is 346 g/mol. The first-order valence-corrected chi connectivity index (χ1v) is 8.87. The fraction of sp³-hybridized carbons (Fsp3) is 0.588. The van der Waals surface area contributed by atoms with E-state index in [2.05, 4.69) is 25.3 Å². The summed E-state index contributed by atoms with van der Waals surface area (Å²) in [5, 5.41) is 12.1. The van der Waals surface area contributed by atoms with Crippen molar-refractivity contribution in [3.8, 4) is 0 Å². The Balaban J connectivity index is 1.31. The highest BCUT2D eigenvalue weighted by Gasteiger charge is 2.22. The number of aromatic nitrogens is 4. The third kappa shape index (κ3) is 3.96. The van der Waals surface area contributed by atoms with Gasteiger partial charge in [-0.2, -0.15) is 0 Å². The van der Waals surface area contributed by atoms with Crippen LogP contribution in [0.25, 0.3) is 0 Å². The maximum Gasteiger partial charge on any atom is 0.165 e. The molecule has 2 aromatic rings. The van der Waals surface area contributed by atoms with Gasteiger partial charge in [-0.1, -0.05) is 0 Å². The van der Waals surface area contributed by atoms with E-state index < -0.39 is 0 Å². The molecule has 3 heterocycles. The van der Waals surface area contributed by atoms with E-state index in [1.165, 1.54) is 12.1 Å². The molecule has 0 aliphatic carbocycles. The van der Waals surface area contributed by atoms with E-state index >= 15 is 0 Å². The molecule has 0 unspecified atom stereocenters. The minimum absolute atomic E-state index is 0.194. The number of anilines is 1. The number of halogens is 1. The first-order valence-electron chi connectivity index (χ1n) is 8.87. The van der Waals surface area contributed by atoms with Crippen LogP contribution >= 0.6 is 0 Å². The van der Waals surface area contributed by atoms with E-state index in [0.29, 0.717) is 0 Å². The van der Waals surface area contributed by atoms with E-state index in [-0.39, 0.29) is 11.9 Å². The Morgan fingerprint density at radius 1 is 1.12 bits per heavy atom. The summed E-state index contributed by atoms with van der Waals surface area (Å²) < 4.78 is 20.6. The van der Waals surface area contributed by atoms with Gasteiger partial charge in [0.05, 0.1) is 19.2 Å². The van der Waals surface area contributed by atoms with Crippen LogP contribution in [0.1, 0.15) is 18.7 Å². The normalized spacial score (nSPS) is 21.8. The van der Waals surface area contributed by atoms with Crippen molar-refractivity contribution >= 4 is 5.69 Å². The smallest absolute Gasteiger partial charge is 0.165 e. The van der Waals surface area contributed by atoms with Gasteiger partial charge in [0.2, 0.25) is 0 Å². The SMILES string of the molecule is Fc1ccc(N2CCN(Cc3nnnn3C[C@@H]3CCCO3)CC2)cc1. The number of hydrogen-bond acceptors (Lipinski definition) is 6. The summed E-state index contributed by atoms with van der Waals surface area (Å²) in [6.07, 6.45) is 2.43. The Morgan fingerprint density at radius 3 is 2.64 bits per heavy atom. The molecule has 1 atom stereocenters. The second-order valence-corrected chi connectivity index (χ2v) is 6.65. The van der Waals surface area contributed by atoms with Crippen molar-refractivity contribution < 1.29 is 9.13 Å². The highest BCUT2D eigenvalue weighted by atomic mass is 19.1. The Labute approximate surface area is 146 Å². The molecule has 7 nitrogen and oxygen atoms in total. The molecule has 8 heteroatoms. The van der Waals surface area contributed by atoms with Gasteiger partial charge < -0.3 is 9.64 Å². The van der Waals surface area contributed by atoms with Gasteiger partial charge in [-0.05, 0) is 47.5 Å².